The second-order valence-electron chi connectivity index (χ2n) is 4.67. The third kappa shape index (κ3) is 19.3. The normalized spacial score (nSPS) is 14.1. The predicted octanol–water partition coefficient (Wildman–Crippen LogP) is 2.86. The van der Waals surface area contributed by atoms with Gasteiger partial charge in [-0.25, -0.2) is 0 Å². The maximum atomic E-state index is 9.75. The zero-order valence-electron chi connectivity index (χ0n) is 10.5. The van der Waals surface area contributed by atoms with Crippen LogP contribution in [0.25, 0.3) is 0 Å². The van der Waals surface area contributed by atoms with Gasteiger partial charge >= 0.3 is 7.25 Å². The molecule has 0 heterocycles. The minimum Gasteiger partial charge on any atom is -0.418 e. The molecule has 2 nitrogen and oxygen atoms in total. The maximum Gasteiger partial charge on any atom is 0.673 e. The van der Waals surface area contributed by atoms with E-state index in [-0.39, 0.29) is 0 Å². The number of hydrogen-bond donors (Lipinski definition) is 1. The molecule has 7 heteroatoms. The van der Waals surface area contributed by atoms with Gasteiger partial charge in [-0.15, -0.1) is 0 Å². The van der Waals surface area contributed by atoms with Crippen molar-refractivity contribution in [2.45, 2.75) is 38.8 Å². The Morgan fingerprint density at radius 1 is 1.06 bits per heavy atom. The average molecular weight is 246 g/mol. The Hall–Kier alpha value is -0.295. The first-order valence-electron chi connectivity index (χ1n) is 5.42. The monoisotopic (exact) mass is 246 g/mol. The van der Waals surface area contributed by atoms with Gasteiger partial charge in [0.05, 0.1) is 21.1 Å². The van der Waals surface area contributed by atoms with Crippen LogP contribution in [0.1, 0.15) is 32.6 Å². The zero-order chi connectivity index (χ0) is 13.4. The average Bonchev–Trinajstić information content (AvgIpc) is 1.99. The van der Waals surface area contributed by atoms with Crippen LogP contribution in [0, 0.1) is 0 Å². The fourth-order valence-electron chi connectivity index (χ4n) is 0.991. The van der Waals surface area contributed by atoms with Crippen LogP contribution >= 0.6 is 0 Å². The lowest BCUT2D eigenvalue weighted by atomic mass is 10.1. The molecule has 100 valence electrons. The molecule has 0 aromatic heterocycles. The molecule has 0 saturated heterocycles. The Balaban J connectivity index is 0. The molecular weight excluding hydrogens is 223 g/mol. The van der Waals surface area contributed by atoms with E-state index in [1.54, 1.807) is 0 Å². The molecule has 1 unspecified atom stereocenters. The summed E-state index contributed by atoms with van der Waals surface area (Å²) in [5.74, 6) is 0. The molecule has 0 bridgehead atoms. The van der Waals surface area contributed by atoms with Crippen LogP contribution in [0.3, 0.4) is 0 Å². The third-order valence-electron chi connectivity index (χ3n) is 2.10. The van der Waals surface area contributed by atoms with Gasteiger partial charge in [-0.3, -0.25) is 5.73 Å². The number of unbranched alkanes of at least 4 members (excludes halogenated alkanes) is 2. The number of rotatable bonds is 5. The van der Waals surface area contributed by atoms with Crippen LogP contribution in [-0.4, -0.2) is 39.0 Å². The van der Waals surface area contributed by atoms with Gasteiger partial charge in [-0.05, 0) is 6.42 Å². The van der Waals surface area contributed by atoms with Crippen molar-refractivity contribution in [3.8, 4) is 0 Å². The maximum absolute atomic E-state index is 9.75. The highest BCUT2D eigenvalue weighted by atomic mass is 19.5. The van der Waals surface area contributed by atoms with Gasteiger partial charge in [0.1, 0.15) is 6.17 Å². The van der Waals surface area contributed by atoms with E-state index in [0.29, 0.717) is 6.17 Å². The molecule has 2 N–H and O–H groups in total. The van der Waals surface area contributed by atoms with Crippen molar-refractivity contribution in [1.82, 2.24) is 0 Å². The number of quaternary nitrogens is 1. The lowest BCUT2D eigenvalue weighted by molar-refractivity contribution is -0.896. The number of hydrogen-bond acceptors (Lipinski definition) is 1. The molecule has 0 saturated carbocycles. The molecule has 0 aromatic rings. The SMILES string of the molecule is CCCCCC(N)[N+](C)(C)C.F[B-](F)(F)F. The van der Waals surface area contributed by atoms with Crippen molar-refractivity contribution in [1.29, 1.82) is 0 Å². The lowest BCUT2D eigenvalue weighted by Crippen LogP contribution is -2.50. The van der Waals surface area contributed by atoms with Gasteiger partial charge in [0.25, 0.3) is 0 Å². The fraction of sp³-hybridized carbons (Fsp3) is 1.00. The summed E-state index contributed by atoms with van der Waals surface area (Å²) in [6.45, 7) is 2.22. The summed E-state index contributed by atoms with van der Waals surface area (Å²) in [6, 6.07) is 0. The first-order chi connectivity index (χ1) is 6.98. The molecule has 16 heavy (non-hydrogen) atoms. The van der Waals surface area contributed by atoms with Crippen LogP contribution in [0.5, 0.6) is 0 Å². The van der Waals surface area contributed by atoms with Gasteiger partial charge in [0.15, 0.2) is 0 Å². The Morgan fingerprint density at radius 3 is 1.69 bits per heavy atom. The summed E-state index contributed by atoms with van der Waals surface area (Å²) < 4.78 is 39.9. The van der Waals surface area contributed by atoms with E-state index in [4.69, 9.17) is 5.73 Å². The topological polar surface area (TPSA) is 26.0 Å². The summed E-state index contributed by atoms with van der Waals surface area (Å²) in [5.41, 5.74) is 5.96. The van der Waals surface area contributed by atoms with E-state index < -0.39 is 7.25 Å². The van der Waals surface area contributed by atoms with Gasteiger partial charge in [0, 0.05) is 6.42 Å². The summed E-state index contributed by atoms with van der Waals surface area (Å²) in [6.07, 6.45) is 5.32. The quantitative estimate of drug-likeness (QED) is 0.261. The highest BCUT2D eigenvalue weighted by molar-refractivity contribution is 6.50. The number of halogens is 4. The summed E-state index contributed by atoms with van der Waals surface area (Å²) in [7, 11) is 0.448. The van der Waals surface area contributed by atoms with E-state index in [0.717, 1.165) is 10.9 Å². The molecule has 0 radical (unpaired) electrons. The third-order valence-corrected chi connectivity index (χ3v) is 2.10. The largest absolute Gasteiger partial charge is 0.673 e. The molecule has 0 fully saturated rings. The van der Waals surface area contributed by atoms with Crippen LogP contribution < -0.4 is 5.73 Å². The first kappa shape index (κ1) is 18.1. The molecule has 0 aliphatic rings. The minimum absolute atomic E-state index is 0.307. The van der Waals surface area contributed by atoms with Crippen molar-refractivity contribution in [3.05, 3.63) is 0 Å². The zero-order valence-corrected chi connectivity index (χ0v) is 10.5. The van der Waals surface area contributed by atoms with Gasteiger partial charge in [-0.1, -0.05) is 19.8 Å². The highest BCUT2D eigenvalue weighted by Crippen LogP contribution is 2.07. The Morgan fingerprint density at radius 2 is 1.44 bits per heavy atom. The molecule has 0 aliphatic carbocycles. The van der Waals surface area contributed by atoms with Crippen molar-refractivity contribution in [2.24, 2.45) is 5.73 Å². The van der Waals surface area contributed by atoms with E-state index >= 15 is 0 Å². The molecule has 0 aliphatic heterocycles. The van der Waals surface area contributed by atoms with E-state index in [2.05, 4.69) is 28.1 Å². The van der Waals surface area contributed by atoms with Crippen molar-refractivity contribution in [2.75, 3.05) is 21.1 Å². The smallest absolute Gasteiger partial charge is 0.418 e. The van der Waals surface area contributed by atoms with Crippen LogP contribution in [0.2, 0.25) is 0 Å². The van der Waals surface area contributed by atoms with Gasteiger partial charge in [-0.2, -0.15) is 0 Å². The second kappa shape index (κ2) is 7.89. The first-order valence-corrected chi connectivity index (χ1v) is 5.42. The minimum atomic E-state index is -6.00. The summed E-state index contributed by atoms with van der Waals surface area (Å²) in [4.78, 5) is 0. The van der Waals surface area contributed by atoms with Crippen LogP contribution in [0.4, 0.5) is 17.3 Å². The summed E-state index contributed by atoms with van der Waals surface area (Å²) in [5, 5.41) is 0. The Labute approximate surface area is 95.5 Å². The Kier molecular flexibility index (Phi) is 8.92. The molecule has 0 aromatic carbocycles. The summed E-state index contributed by atoms with van der Waals surface area (Å²) >= 11 is 0. The van der Waals surface area contributed by atoms with E-state index in [9.17, 15) is 17.3 Å². The van der Waals surface area contributed by atoms with Crippen molar-refractivity contribution >= 4 is 7.25 Å². The van der Waals surface area contributed by atoms with Gasteiger partial charge in [0.2, 0.25) is 0 Å². The molecule has 1 atom stereocenters. The van der Waals surface area contributed by atoms with Crippen LogP contribution in [0.15, 0.2) is 0 Å². The van der Waals surface area contributed by atoms with E-state index in [1.807, 2.05) is 0 Å². The van der Waals surface area contributed by atoms with Crippen molar-refractivity contribution in [3.63, 3.8) is 0 Å². The second-order valence-corrected chi connectivity index (χ2v) is 4.67. The molecule has 0 rings (SSSR count). The van der Waals surface area contributed by atoms with Crippen molar-refractivity contribution < 1.29 is 21.7 Å². The predicted molar refractivity (Wildman–Crippen MR) is 60.3 cm³/mol. The van der Waals surface area contributed by atoms with Crippen LogP contribution in [-0.2, 0) is 0 Å². The number of nitrogens with two attached hydrogens (primary N) is 1. The van der Waals surface area contributed by atoms with Gasteiger partial charge < -0.3 is 21.7 Å². The number of nitrogens with zero attached hydrogens (tertiary/aromatic N) is 1. The highest BCUT2D eigenvalue weighted by Gasteiger charge is 2.20. The molecular formula is C9H23BF4N2. The Bertz CT molecular complexity index is 162. The molecule has 0 spiro atoms. The molecule has 0 amide bonds. The standard InChI is InChI=1S/C9H23N2.BF4/c1-5-6-7-8-9(10)11(2,3)4;2-1(3,4)5/h9H,5-8,10H2,1-4H3;/q+1;-1. The fourth-order valence-corrected chi connectivity index (χ4v) is 0.991. The lowest BCUT2D eigenvalue weighted by Gasteiger charge is -2.31. The van der Waals surface area contributed by atoms with E-state index in [1.165, 1.54) is 19.3 Å².